The van der Waals surface area contributed by atoms with Crippen molar-refractivity contribution in [1.82, 2.24) is 14.8 Å². The van der Waals surface area contributed by atoms with Gasteiger partial charge >= 0.3 is 0 Å². The van der Waals surface area contributed by atoms with E-state index in [4.69, 9.17) is 4.74 Å². The molecule has 5 heteroatoms. The molecule has 1 aromatic heterocycles. The van der Waals surface area contributed by atoms with E-state index < -0.39 is 0 Å². The van der Waals surface area contributed by atoms with Crippen LogP contribution in [0.2, 0.25) is 0 Å². The number of hydrogen-bond acceptors (Lipinski definition) is 4. The molecule has 0 radical (unpaired) electrons. The van der Waals surface area contributed by atoms with Crippen molar-refractivity contribution < 1.29 is 9.53 Å². The minimum Gasteiger partial charge on any atom is -0.381 e. The number of pyridine rings is 1. The smallest absolute Gasteiger partial charge is 0.254 e. The van der Waals surface area contributed by atoms with Crippen LogP contribution in [0.25, 0.3) is 0 Å². The Bertz CT molecular complexity index is 534. The molecule has 0 bridgehead atoms. The van der Waals surface area contributed by atoms with Gasteiger partial charge in [-0.2, -0.15) is 0 Å². The van der Waals surface area contributed by atoms with Gasteiger partial charge in [0, 0.05) is 62.9 Å². The lowest BCUT2D eigenvalue weighted by Gasteiger charge is -2.49. The molecule has 5 nitrogen and oxygen atoms in total. The predicted octanol–water partition coefficient (Wildman–Crippen LogP) is 1.80. The van der Waals surface area contributed by atoms with Crippen LogP contribution in [-0.2, 0) is 4.74 Å². The molecule has 3 heterocycles. The molecule has 2 aliphatic heterocycles. The number of nitrogens with zero attached hydrogens (tertiary/aromatic N) is 3. The maximum atomic E-state index is 12.5. The van der Waals surface area contributed by atoms with E-state index in [1.165, 1.54) is 19.4 Å². The molecule has 0 N–H and O–H groups in total. The molecule has 0 unspecified atom stereocenters. The Morgan fingerprint density at radius 2 is 1.83 bits per heavy atom. The highest BCUT2D eigenvalue weighted by Gasteiger charge is 2.40. The highest BCUT2D eigenvalue weighted by Crippen LogP contribution is 2.34. The molecule has 0 atom stereocenters. The second-order valence-corrected chi connectivity index (χ2v) is 7.08. The molecule has 23 heavy (non-hydrogen) atoms. The standard InChI is InChI=1S/C18H25N3O2/c22-18(15-3-7-19-8-4-15)20-12-17(13-20)21(11-14-1-2-14)16-5-9-23-10-6-16/h3-4,7-8,14,16-17H,1-2,5-6,9-13H2. The van der Waals surface area contributed by atoms with Crippen LogP contribution >= 0.6 is 0 Å². The maximum absolute atomic E-state index is 12.5. The van der Waals surface area contributed by atoms with Crippen LogP contribution in [-0.4, -0.2) is 65.6 Å². The van der Waals surface area contributed by atoms with E-state index in [0.29, 0.717) is 12.1 Å². The van der Waals surface area contributed by atoms with Crippen molar-refractivity contribution in [2.45, 2.75) is 37.8 Å². The lowest BCUT2D eigenvalue weighted by molar-refractivity contribution is -0.0267. The first-order chi connectivity index (χ1) is 11.3. The number of aromatic nitrogens is 1. The quantitative estimate of drug-likeness (QED) is 0.831. The van der Waals surface area contributed by atoms with Crippen molar-refractivity contribution in [2.24, 2.45) is 5.92 Å². The molecule has 1 aromatic rings. The highest BCUT2D eigenvalue weighted by atomic mass is 16.5. The van der Waals surface area contributed by atoms with Crippen LogP contribution in [0, 0.1) is 5.92 Å². The lowest BCUT2D eigenvalue weighted by Crippen LogP contribution is -2.64. The molecule has 3 aliphatic rings. The third-order valence-corrected chi connectivity index (χ3v) is 5.37. The molecular formula is C18H25N3O2. The van der Waals surface area contributed by atoms with Gasteiger partial charge in [0.15, 0.2) is 0 Å². The van der Waals surface area contributed by atoms with E-state index in [0.717, 1.165) is 50.6 Å². The van der Waals surface area contributed by atoms with Gasteiger partial charge in [0.05, 0.1) is 0 Å². The van der Waals surface area contributed by atoms with Crippen molar-refractivity contribution in [3.63, 3.8) is 0 Å². The first-order valence-electron chi connectivity index (χ1n) is 8.84. The van der Waals surface area contributed by atoms with Gasteiger partial charge < -0.3 is 9.64 Å². The van der Waals surface area contributed by atoms with Crippen molar-refractivity contribution in [1.29, 1.82) is 0 Å². The number of hydrogen-bond donors (Lipinski definition) is 0. The number of ether oxygens (including phenoxy) is 1. The minimum absolute atomic E-state index is 0.141. The monoisotopic (exact) mass is 315 g/mol. The largest absolute Gasteiger partial charge is 0.381 e. The van der Waals surface area contributed by atoms with Crippen LogP contribution in [0.4, 0.5) is 0 Å². The molecule has 1 aliphatic carbocycles. The van der Waals surface area contributed by atoms with Crippen LogP contribution in [0.15, 0.2) is 24.5 Å². The van der Waals surface area contributed by atoms with E-state index in [-0.39, 0.29) is 5.91 Å². The van der Waals surface area contributed by atoms with Gasteiger partial charge in [-0.25, -0.2) is 0 Å². The number of carbonyl (C=O) groups is 1. The Labute approximate surface area is 137 Å². The van der Waals surface area contributed by atoms with E-state index in [2.05, 4.69) is 9.88 Å². The fraction of sp³-hybridized carbons (Fsp3) is 0.667. The minimum atomic E-state index is 0.141. The van der Waals surface area contributed by atoms with Crippen LogP contribution < -0.4 is 0 Å². The normalized spacial score (nSPS) is 23.1. The first kappa shape index (κ1) is 15.1. The number of likely N-dealkylation sites (tertiary alicyclic amines) is 1. The molecule has 0 spiro atoms. The second kappa shape index (κ2) is 6.57. The van der Waals surface area contributed by atoms with Crippen molar-refractivity contribution >= 4 is 5.91 Å². The Morgan fingerprint density at radius 3 is 2.48 bits per heavy atom. The molecular weight excluding hydrogens is 290 g/mol. The van der Waals surface area contributed by atoms with Gasteiger partial charge in [-0.1, -0.05) is 0 Å². The fourth-order valence-corrected chi connectivity index (χ4v) is 3.72. The molecule has 3 fully saturated rings. The van der Waals surface area contributed by atoms with E-state index in [9.17, 15) is 4.79 Å². The van der Waals surface area contributed by atoms with Gasteiger partial charge in [0.25, 0.3) is 5.91 Å². The lowest BCUT2D eigenvalue weighted by atomic mass is 9.98. The Balaban J connectivity index is 1.36. The van der Waals surface area contributed by atoms with E-state index in [1.54, 1.807) is 24.5 Å². The van der Waals surface area contributed by atoms with Gasteiger partial charge in [0.1, 0.15) is 0 Å². The average Bonchev–Trinajstić information content (AvgIpc) is 3.38. The molecule has 2 saturated heterocycles. The zero-order valence-electron chi connectivity index (χ0n) is 13.6. The third-order valence-electron chi connectivity index (χ3n) is 5.37. The summed E-state index contributed by atoms with van der Waals surface area (Å²) in [6, 6.07) is 4.78. The highest BCUT2D eigenvalue weighted by molar-refractivity contribution is 5.94. The van der Waals surface area contributed by atoms with Crippen molar-refractivity contribution in [2.75, 3.05) is 32.8 Å². The molecule has 124 valence electrons. The van der Waals surface area contributed by atoms with Crippen LogP contribution in [0.3, 0.4) is 0 Å². The summed E-state index contributed by atoms with van der Waals surface area (Å²) in [5.74, 6) is 1.03. The zero-order chi connectivity index (χ0) is 15.6. The first-order valence-corrected chi connectivity index (χ1v) is 8.84. The predicted molar refractivity (Wildman–Crippen MR) is 87.2 cm³/mol. The average molecular weight is 315 g/mol. The molecule has 4 rings (SSSR count). The molecule has 1 amide bonds. The van der Waals surface area contributed by atoms with Gasteiger partial charge in [0.2, 0.25) is 0 Å². The van der Waals surface area contributed by atoms with E-state index in [1.807, 2.05) is 4.90 Å². The topological polar surface area (TPSA) is 45.7 Å². The number of amides is 1. The summed E-state index contributed by atoms with van der Waals surface area (Å²) in [6.07, 6.45) is 8.42. The Kier molecular flexibility index (Phi) is 4.31. The summed E-state index contributed by atoms with van der Waals surface area (Å²) < 4.78 is 5.52. The van der Waals surface area contributed by atoms with Crippen LogP contribution in [0.5, 0.6) is 0 Å². The van der Waals surface area contributed by atoms with Crippen molar-refractivity contribution in [3.8, 4) is 0 Å². The SMILES string of the molecule is O=C(c1ccncc1)N1CC(N(CC2CC2)C2CCOCC2)C1. The third kappa shape index (κ3) is 3.40. The maximum Gasteiger partial charge on any atom is 0.254 e. The number of carbonyl (C=O) groups excluding carboxylic acids is 1. The van der Waals surface area contributed by atoms with E-state index >= 15 is 0 Å². The fourth-order valence-electron chi connectivity index (χ4n) is 3.72. The summed E-state index contributed by atoms with van der Waals surface area (Å²) in [6.45, 7) is 4.72. The summed E-state index contributed by atoms with van der Waals surface area (Å²) in [5.41, 5.74) is 0.748. The zero-order valence-corrected chi connectivity index (χ0v) is 13.6. The van der Waals surface area contributed by atoms with Gasteiger partial charge in [-0.05, 0) is 43.7 Å². The second-order valence-electron chi connectivity index (χ2n) is 7.08. The number of rotatable bonds is 5. The molecule has 0 aromatic carbocycles. The summed E-state index contributed by atoms with van der Waals surface area (Å²) in [7, 11) is 0. The van der Waals surface area contributed by atoms with Crippen molar-refractivity contribution in [3.05, 3.63) is 30.1 Å². The summed E-state index contributed by atoms with van der Waals surface area (Å²) in [5, 5.41) is 0. The molecule has 1 saturated carbocycles. The summed E-state index contributed by atoms with van der Waals surface area (Å²) in [4.78, 5) is 21.1. The summed E-state index contributed by atoms with van der Waals surface area (Å²) >= 11 is 0. The Morgan fingerprint density at radius 1 is 1.13 bits per heavy atom. The van der Waals surface area contributed by atoms with Gasteiger partial charge in [-0.3, -0.25) is 14.7 Å². The van der Waals surface area contributed by atoms with Crippen LogP contribution in [0.1, 0.15) is 36.0 Å². The van der Waals surface area contributed by atoms with Gasteiger partial charge in [-0.15, -0.1) is 0 Å². The Hall–Kier alpha value is -1.46.